The minimum absolute atomic E-state index is 0.0411. The Morgan fingerprint density at radius 1 is 1.15 bits per heavy atom. The summed E-state index contributed by atoms with van der Waals surface area (Å²) in [5.74, 6) is -0.797. The van der Waals surface area contributed by atoms with Crippen LogP contribution in [0.1, 0.15) is 22.3 Å². The van der Waals surface area contributed by atoms with E-state index in [1.807, 2.05) is 12.1 Å². The summed E-state index contributed by atoms with van der Waals surface area (Å²) >= 11 is 0. The van der Waals surface area contributed by atoms with Crippen molar-refractivity contribution < 1.29 is 24.2 Å². The van der Waals surface area contributed by atoms with Gasteiger partial charge >= 0.3 is 5.97 Å². The Hall–Kier alpha value is -3.35. The van der Waals surface area contributed by atoms with E-state index in [2.05, 4.69) is 5.32 Å². The van der Waals surface area contributed by atoms with Crippen molar-refractivity contribution in [1.29, 1.82) is 0 Å². The molecule has 0 aliphatic carbocycles. The van der Waals surface area contributed by atoms with Crippen molar-refractivity contribution in [3.05, 3.63) is 59.7 Å². The summed E-state index contributed by atoms with van der Waals surface area (Å²) in [4.78, 5) is 36.7. The summed E-state index contributed by atoms with van der Waals surface area (Å²) in [7, 11) is 0. The first-order valence-corrected chi connectivity index (χ1v) is 8.16. The molecule has 26 heavy (non-hydrogen) atoms. The maximum atomic E-state index is 12.1. The molecule has 7 heteroatoms. The third-order valence-corrected chi connectivity index (χ3v) is 4.03. The molecule has 2 aromatic carbocycles. The van der Waals surface area contributed by atoms with Crippen molar-refractivity contribution in [1.82, 2.24) is 5.32 Å². The number of para-hydroxylation sites is 2. The number of ether oxygens (including phenoxy) is 1. The molecule has 1 heterocycles. The normalized spacial score (nSPS) is 12.9. The Morgan fingerprint density at radius 2 is 1.96 bits per heavy atom. The van der Waals surface area contributed by atoms with Gasteiger partial charge in [0.1, 0.15) is 5.75 Å². The molecule has 0 radical (unpaired) electrons. The van der Waals surface area contributed by atoms with E-state index in [0.29, 0.717) is 17.0 Å². The summed E-state index contributed by atoms with van der Waals surface area (Å²) < 4.78 is 5.37. The maximum Gasteiger partial charge on any atom is 0.335 e. The van der Waals surface area contributed by atoms with Crippen molar-refractivity contribution in [2.75, 3.05) is 18.1 Å². The molecule has 0 saturated carbocycles. The highest BCUT2D eigenvalue weighted by Gasteiger charge is 2.25. The fourth-order valence-electron chi connectivity index (χ4n) is 2.72. The third kappa shape index (κ3) is 4.00. The molecular formula is C19H18N2O5. The average Bonchev–Trinajstić information content (AvgIpc) is 2.65. The van der Waals surface area contributed by atoms with Crippen LogP contribution in [0.3, 0.4) is 0 Å². The summed E-state index contributed by atoms with van der Waals surface area (Å²) in [6.07, 6.45) is 0.138. The van der Waals surface area contributed by atoms with Gasteiger partial charge in [-0.05, 0) is 29.8 Å². The quantitative estimate of drug-likeness (QED) is 0.825. The van der Waals surface area contributed by atoms with Gasteiger partial charge in [0.2, 0.25) is 5.91 Å². The van der Waals surface area contributed by atoms with Gasteiger partial charge in [0.15, 0.2) is 6.61 Å². The van der Waals surface area contributed by atoms with Gasteiger partial charge in [0.05, 0.1) is 11.3 Å². The van der Waals surface area contributed by atoms with Crippen LogP contribution in [0.25, 0.3) is 0 Å². The first kappa shape index (κ1) is 17.5. The number of carboxylic acid groups (broad SMARTS) is 1. The zero-order valence-electron chi connectivity index (χ0n) is 14.0. The van der Waals surface area contributed by atoms with Gasteiger partial charge in [-0.25, -0.2) is 4.79 Å². The van der Waals surface area contributed by atoms with Crippen LogP contribution in [0.4, 0.5) is 5.69 Å². The highest BCUT2D eigenvalue weighted by Crippen LogP contribution is 2.31. The number of carboxylic acids is 1. The summed E-state index contributed by atoms with van der Waals surface area (Å²) in [5.41, 5.74) is 1.53. The maximum absolute atomic E-state index is 12.1. The number of hydrogen-bond donors (Lipinski definition) is 2. The number of amides is 2. The van der Waals surface area contributed by atoms with Crippen LogP contribution in [-0.2, 0) is 16.1 Å². The number of hydrogen-bond acceptors (Lipinski definition) is 4. The number of rotatable bonds is 6. The van der Waals surface area contributed by atoms with Crippen LogP contribution >= 0.6 is 0 Å². The van der Waals surface area contributed by atoms with Crippen molar-refractivity contribution in [3.8, 4) is 5.75 Å². The zero-order chi connectivity index (χ0) is 18.5. The number of nitrogens with zero attached hydrogens (tertiary/aromatic N) is 1. The minimum Gasteiger partial charge on any atom is -0.482 e. The lowest BCUT2D eigenvalue weighted by molar-refractivity contribution is -0.122. The summed E-state index contributed by atoms with van der Waals surface area (Å²) in [5, 5.41) is 11.7. The molecular weight excluding hydrogens is 336 g/mol. The lowest BCUT2D eigenvalue weighted by atomic mass is 10.1. The second-order valence-electron chi connectivity index (χ2n) is 5.83. The van der Waals surface area contributed by atoms with E-state index in [0.717, 1.165) is 0 Å². The van der Waals surface area contributed by atoms with Gasteiger partial charge in [-0.15, -0.1) is 0 Å². The molecule has 1 aliphatic heterocycles. The highest BCUT2D eigenvalue weighted by atomic mass is 16.5. The smallest absolute Gasteiger partial charge is 0.335 e. The standard InChI is InChI=1S/C19H18N2O5/c22-17(20-11-13-4-3-5-14(10-13)19(24)25)8-9-21-15-6-1-2-7-16(15)26-12-18(21)23/h1-7,10H,8-9,11-12H2,(H,20,22)(H,24,25). The number of carbonyl (C=O) groups excluding carboxylic acids is 2. The van der Waals surface area contributed by atoms with Crippen molar-refractivity contribution in [2.45, 2.75) is 13.0 Å². The Balaban J connectivity index is 1.55. The number of nitrogens with one attached hydrogen (secondary N) is 1. The van der Waals surface area contributed by atoms with E-state index in [4.69, 9.17) is 9.84 Å². The van der Waals surface area contributed by atoms with Gasteiger partial charge in [-0.3, -0.25) is 9.59 Å². The molecule has 2 amide bonds. The van der Waals surface area contributed by atoms with Crippen LogP contribution < -0.4 is 15.0 Å². The van der Waals surface area contributed by atoms with Crippen molar-refractivity contribution in [2.24, 2.45) is 0 Å². The van der Waals surface area contributed by atoms with Gasteiger partial charge < -0.3 is 20.1 Å². The second kappa shape index (κ2) is 7.69. The van der Waals surface area contributed by atoms with Gasteiger partial charge in [-0.2, -0.15) is 0 Å². The molecule has 1 aliphatic rings. The van der Waals surface area contributed by atoms with E-state index >= 15 is 0 Å². The molecule has 0 saturated heterocycles. The lowest BCUT2D eigenvalue weighted by Crippen LogP contribution is -2.41. The average molecular weight is 354 g/mol. The molecule has 0 aromatic heterocycles. The number of fused-ring (bicyclic) bond motifs is 1. The topological polar surface area (TPSA) is 95.9 Å². The molecule has 0 atom stereocenters. The van der Waals surface area contributed by atoms with E-state index in [1.54, 1.807) is 29.2 Å². The van der Waals surface area contributed by atoms with Crippen LogP contribution in [0.2, 0.25) is 0 Å². The molecule has 2 aromatic rings. The zero-order valence-corrected chi connectivity index (χ0v) is 14.0. The predicted octanol–water partition coefficient (Wildman–Crippen LogP) is 1.82. The Labute approximate surface area is 150 Å². The Morgan fingerprint density at radius 3 is 2.77 bits per heavy atom. The molecule has 134 valence electrons. The first-order valence-electron chi connectivity index (χ1n) is 8.16. The van der Waals surface area contributed by atoms with Gasteiger partial charge in [-0.1, -0.05) is 24.3 Å². The molecule has 2 N–H and O–H groups in total. The molecule has 7 nitrogen and oxygen atoms in total. The third-order valence-electron chi connectivity index (χ3n) is 4.03. The van der Waals surface area contributed by atoms with E-state index < -0.39 is 5.97 Å². The molecule has 0 fully saturated rings. The first-order chi connectivity index (χ1) is 12.5. The minimum atomic E-state index is -1.01. The predicted molar refractivity (Wildman–Crippen MR) is 94.2 cm³/mol. The SMILES string of the molecule is O=C(CCN1C(=O)COc2ccccc21)NCc1cccc(C(=O)O)c1. The van der Waals surface area contributed by atoms with Crippen LogP contribution in [-0.4, -0.2) is 36.0 Å². The van der Waals surface area contributed by atoms with Crippen molar-refractivity contribution in [3.63, 3.8) is 0 Å². The van der Waals surface area contributed by atoms with Crippen LogP contribution in [0, 0.1) is 0 Å². The summed E-state index contributed by atoms with van der Waals surface area (Å²) in [6, 6.07) is 13.6. The van der Waals surface area contributed by atoms with Crippen LogP contribution in [0.5, 0.6) is 5.75 Å². The fourth-order valence-corrected chi connectivity index (χ4v) is 2.72. The number of benzene rings is 2. The van der Waals surface area contributed by atoms with Gasteiger partial charge in [0, 0.05) is 19.5 Å². The fraction of sp³-hybridized carbons (Fsp3) is 0.211. The highest BCUT2D eigenvalue weighted by molar-refractivity contribution is 5.98. The largest absolute Gasteiger partial charge is 0.482 e. The summed E-state index contributed by atoms with van der Waals surface area (Å²) in [6.45, 7) is 0.439. The molecule has 3 rings (SSSR count). The molecule has 0 spiro atoms. The number of carbonyl (C=O) groups is 3. The lowest BCUT2D eigenvalue weighted by Gasteiger charge is -2.29. The number of aromatic carboxylic acids is 1. The monoisotopic (exact) mass is 354 g/mol. The van der Waals surface area contributed by atoms with E-state index in [9.17, 15) is 14.4 Å². The van der Waals surface area contributed by atoms with E-state index in [1.165, 1.54) is 12.1 Å². The Bertz CT molecular complexity index is 849. The Kier molecular flexibility index (Phi) is 5.17. The molecule has 0 unspecified atom stereocenters. The second-order valence-corrected chi connectivity index (χ2v) is 5.83. The molecule has 0 bridgehead atoms. The number of anilines is 1. The van der Waals surface area contributed by atoms with Gasteiger partial charge in [0.25, 0.3) is 5.91 Å². The van der Waals surface area contributed by atoms with Crippen LogP contribution in [0.15, 0.2) is 48.5 Å². The van der Waals surface area contributed by atoms with E-state index in [-0.39, 0.29) is 43.5 Å². The van der Waals surface area contributed by atoms with Crippen molar-refractivity contribution >= 4 is 23.5 Å².